The van der Waals surface area contributed by atoms with E-state index in [0.29, 0.717) is 19.8 Å². The van der Waals surface area contributed by atoms with Gasteiger partial charge < -0.3 is 9.47 Å². The maximum Gasteiger partial charge on any atom is 0.183 e. The van der Waals surface area contributed by atoms with Gasteiger partial charge in [0.05, 0.1) is 19.8 Å². The van der Waals surface area contributed by atoms with Crippen molar-refractivity contribution in [2.75, 3.05) is 19.8 Å². The molecule has 0 amide bonds. The Hall–Kier alpha value is -0.0400. The minimum Gasteiger partial charge on any atom is -0.376 e. The quantitative estimate of drug-likeness (QED) is 0.756. The Balaban J connectivity index is 2.08. The minimum absolute atomic E-state index is 0.0254. The van der Waals surface area contributed by atoms with E-state index in [2.05, 4.69) is 26.1 Å². The van der Waals surface area contributed by atoms with E-state index in [1.54, 1.807) is 0 Å². The van der Waals surface area contributed by atoms with Crippen LogP contribution in [0.25, 0.3) is 0 Å². The van der Waals surface area contributed by atoms with Crippen LogP contribution in [0.3, 0.4) is 0 Å². The summed E-state index contributed by atoms with van der Waals surface area (Å²) in [5.41, 5.74) is 0. The number of hydrogen-bond donors (Lipinski definition) is 0. The molecule has 2 heterocycles. The normalized spacial score (nSPS) is 24.2. The maximum atomic E-state index is 5.44. The molecule has 1 aliphatic heterocycles. The van der Waals surface area contributed by atoms with Crippen LogP contribution in [0.1, 0.15) is 11.1 Å². The molecule has 1 aliphatic rings. The zero-order chi connectivity index (χ0) is 8.39. The van der Waals surface area contributed by atoms with Gasteiger partial charge in [0.25, 0.3) is 0 Å². The van der Waals surface area contributed by atoms with Gasteiger partial charge in [-0.2, -0.15) is 0 Å². The number of rotatable bonds is 1. The topological polar surface area (TPSA) is 44.2 Å². The molecule has 0 radical (unpaired) electrons. The third-order valence-electron chi connectivity index (χ3n) is 1.51. The fraction of sp³-hybridized carbons (Fsp3) is 0.667. The molecule has 1 aromatic rings. The molecule has 4 nitrogen and oxygen atoms in total. The first-order chi connectivity index (χ1) is 5.86. The van der Waals surface area contributed by atoms with Crippen LogP contribution in [0.2, 0.25) is 0 Å². The number of hydrogen-bond acceptors (Lipinski definition) is 5. The van der Waals surface area contributed by atoms with Gasteiger partial charge in [0.15, 0.2) is 3.92 Å². The number of aromatic nitrogens is 2. The summed E-state index contributed by atoms with van der Waals surface area (Å²) in [5, 5.41) is 8.67. The standard InChI is InChI=1S/C6H7BrN2O2S/c7-6-9-8-5(12-6)4-3-10-1-2-11-4/h4H,1-3H2. The molecule has 0 spiro atoms. The lowest BCUT2D eigenvalue weighted by Crippen LogP contribution is -2.21. The second-order valence-corrected chi connectivity index (χ2v) is 4.61. The van der Waals surface area contributed by atoms with E-state index in [-0.39, 0.29) is 6.10 Å². The Labute approximate surface area is 82.0 Å². The van der Waals surface area contributed by atoms with Crippen molar-refractivity contribution in [3.05, 3.63) is 8.92 Å². The first kappa shape index (κ1) is 8.55. The van der Waals surface area contributed by atoms with E-state index in [9.17, 15) is 0 Å². The number of nitrogens with zero attached hydrogens (tertiary/aromatic N) is 2. The van der Waals surface area contributed by atoms with Crippen molar-refractivity contribution in [2.45, 2.75) is 6.10 Å². The van der Waals surface area contributed by atoms with Crippen LogP contribution in [-0.2, 0) is 9.47 Å². The van der Waals surface area contributed by atoms with Crippen molar-refractivity contribution in [2.24, 2.45) is 0 Å². The third kappa shape index (κ3) is 1.82. The van der Waals surface area contributed by atoms with Crippen molar-refractivity contribution < 1.29 is 9.47 Å². The highest BCUT2D eigenvalue weighted by Gasteiger charge is 2.20. The van der Waals surface area contributed by atoms with Crippen LogP contribution in [0, 0.1) is 0 Å². The molecule has 0 saturated carbocycles. The first-order valence-corrected chi connectivity index (χ1v) is 5.15. The molecule has 0 aromatic carbocycles. The van der Waals surface area contributed by atoms with Crippen molar-refractivity contribution >= 4 is 27.3 Å². The van der Waals surface area contributed by atoms with Gasteiger partial charge >= 0.3 is 0 Å². The van der Waals surface area contributed by atoms with Gasteiger partial charge in [-0.1, -0.05) is 11.3 Å². The smallest absolute Gasteiger partial charge is 0.183 e. The zero-order valence-electron chi connectivity index (χ0n) is 6.20. The molecular formula is C6H7BrN2O2S. The summed E-state index contributed by atoms with van der Waals surface area (Å²) in [7, 11) is 0. The highest BCUT2D eigenvalue weighted by atomic mass is 79.9. The van der Waals surface area contributed by atoms with Crippen molar-refractivity contribution in [3.63, 3.8) is 0 Å². The van der Waals surface area contributed by atoms with Crippen LogP contribution in [0.15, 0.2) is 3.92 Å². The molecule has 1 atom stereocenters. The summed E-state index contributed by atoms with van der Waals surface area (Å²) in [6, 6.07) is 0. The fourth-order valence-electron chi connectivity index (χ4n) is 0.976. The van der Waals surface area contributed by atoms with Crippen molar-refractivity contribution in [1.82, 2.24) is 10.2 Å². The van der Waals surface area contributed by atoms with E-state index in [4.69, 9.17) is 9.47 Å². The Morgan fingerprint density at radius 2 is 2.33 bits per heavy atom. The lowest BCUT2D eigenvalue weighted by Gasteiger charge is -2.20. The minimum atomic E-state index is -0.0254. The van der Waals surface area contributed by atoms with Gasteiger partial charge in [-0.15, -0.1) is 10.2 Å². The second kappa shape index (κ2) is 3.78. The van der Waals surface area contributed by atoms with Crippen LogP contribution in [-0.4, -0.2) is 30.0 Å². The fourth-order valence-corrected chi connectivity index (χ4v) is 2.16. The Kier molecular flexibility index (Phi) is 2.69. The second-order valence-electron chi connectivity index (χ2n) is 2.33. The molecule has 0 aliphatic carbocycles. The molecule has 6 heteroatoms. The summed E-state index contributed by atoms with van der Waals surface area (Å²) < 4.78 is 11.5. The van der Waals surface area contributed by atoms with E-state index in [0.717, 1.165) is 8.92 Å². The first-order valence-electron chi connectivity index (χ1n) is 3.54. The van der Waals surface area contributed by atoms with Gasteiger partial charge in [0.1, 0.15) is 11.1 Å². The molecule has 1 fully saturated rings. The molecule has 1 unspecified atom stereocenters. The van der Waals surface area contributed by atoms with Crippen molar-refractivity contribution in [1.29, 1.82) is 0 Å². The maximum absolute atomic E-state index is 5.44. The monoisotopic (exact) mass is 250 g/mol. The lowest BCUT2D eigenvalue weighted by atomic mass is 10.4. The molecule has 0 N–H and O–H groups in total. The van der Waals surface area contributed by atoms with Gasteiger partial charge in [0.2, 0.25) is 0 Å². The summed E-state index contributed by atoms with van der Waals surface area (Å²) in [5.74, 6) is 0. The van der Waals surface area contributed by atoms with Crippen LogP contribution in [0.5, 0.6) is 0 Å². The van der Waals surface area contributed by atoms with E-state index in [1.807, 2.05) is 0 Å². The Morgan fingerprint density at radius 3 is 2.92 bits per heavy atom. The Bertz CT molecular complexity index is 262. The molecule has 12 heavy (non-hydrogen) atoms. The van der Waals surface area contributed by atoms with E-state index >= 15 is 0 Å². The van der Waals surface area contributed by atoms with Gasteiger partial charge in [0, 0.05) is 0 Å². The molecule has 66 valence electrons. The van der Waals surface area contributed by atoms with Gasteiger partial charge in [-0.3, -0.25) is 0 Å². The average molecular weight is 251 g/mol. The van der Waals surface area contributed by atoms with Crippen molar-refractivity contribution in [3.8, 4) is 0 Å². The number of ether oxygens (including phenoxy) is 2. The summed E-state index contributed by atoms with van der Waals surface area (Å²) >= 11 is 4.73. The highest BCUT2D eigenvalue weighted by molar-refractivity contribution is 9.11. The van der Waals surface area contributed by atoms with Crippen LogP contribution >= 0.6 is 27.3 Å². The van der Waals surface area contributed by atoms with Crippen LogP contribution in [0.4, 0.5) is 0 Å². The van der Waals surface area contributed by atoms with Gasteiger partial charge in [-0.05, 0) is 15.9 Å². The molecular weight excluding hydrogens is 244 g/mol. The molecule has 0 bridgehead atoms. The molecule has 2 rings (SSSR count). The highest BCUT2D eigenvalue weighted by Crippen LogP contribution is 2.26. The molecule has 1 saturated heterocycles. The lowest BCUT2D eigenvalue weighted by molar-refractivity contribution is -0.0903. The predicted molar refractivity (Wildman–Crippen MR) is 47.1 cm³/mol. The number of halogens is 1. The SMILES string of the molecule is Brc1nnc(C2COCCO2)s1. The van der Waals surface area contributed by atoms with E-state index in [1.165, 1.54) is 11.3 Å². The molecule has 1 aromatic heterocycles. The Morgan fingerprint density at radius 1 is 1.42 bits per heavy atom. The summed E-state index contributed by atoms with van der Waals surface area (Å²) in [6.07, 6.45) is -0.0254. The van der Waals surface area contributed by atoms with E-state index < -0.39 is 0 Å². The van der Waals surface area contributed by atoms with Crippen LogP contribution < -0.4 is 0 Å². The third-order valence-corrected chi connectivity index (χ3v) is 2.96. The largest absolute Gasteiger partial charge is 0.376 e. The summed E-state index contributed by atoms with van der Waals surface area (Å²) in [6.45, 7) is 1.90. The average Bonchev–Trinajstić information content (AvgIpc) is 2.54. The van der Waals surface area contributed by atoms with Gasteiger partial charge in [-0.25, -0.2) is 0 Å². The summed E-state index contributed by atoms with van der Waals surface area (Å²) in [4.78, 5) is 0. The predicted octanol–water partition coefficient (Wildman–Crippen LogP) is 1.39. The zero-order valence-corrected chi connectivity index (χ0v) is 8.60.